The Labute approximate surface area is 119 Å². The monoisotopic (exact) mass is 294 g/mol. The second kappa shape index (κ2) is 6.21. The Kier molecular flexibility index (Phi) is 4.59. The first-order valence-corrected chi connectivity index (χ1v) is 7.81. The zero-order valence-corrected chi connectivity index (χ0v) is 12.3. The van der Waals surface area contributed by atoms with Crippen LogP contribution in [0.25, 0.3) is 0 Å². The van der Waals surface area contributed by atoms with E-state index in [1.54, 1.807) is 24.5 Å². The summed E-state index contributed by atoms with van der Waals surface area (Å²) in [5.74, 6) is 0.818. The van der Waals surface area contributed by atoms with Gasteiger partial charge in [-0.05, 0) is 37.7 Å². The van der Waals surface area contributed by atoms with Crippen molar-refractivity contribution in [1.82, 2.24) is 10.0 Å². The Morgan fingerprint density at radius 3 is 2.60 bits per heavy atom. The predicted octanol–water partition coefficient (Wildman–Crippen LogP) is 2.04. The van der Waals surface area contributed by atoms with E-state index in [0.29, 0.717) is 11.4 Å². The molecule has 0 unspecified atom stereocenters. The summed E-state index contributed by atoms with van der Waals surface area (Å²) in [6, 6.07) is 10.6. The first-order chi connectivity index (χ1) is 9.54. The van der Waals surface area contributed by atoms with Gasteiger partial charge in [0.25, 0.3) is 0 Å². The van der Waals surface area contributed by atoms with Crippen LogP contribution in [-0.4, -0.2) is 15.5 Å². The summed E-state index contributed by atoms with van der Waals surface area (Å²) in [5.41, 5.74) is 0.722. The maximum atomic E-state index is 11.9. The normalized spacial score (nSPS) is 13.3. The highest BCUT2D eigenvalue weighted by Gasteiger charge is 2.16. The molecule has 5 nitrogen and oxygen atoms in total. The van der Waals surface area contributed by atoms with Gasteiger partial charge >= 0.3 is 0 Å². The molecule has 0 fully saturated rings. The number of hydrogen-bond donors (Lipinski definition) is 2. The predicted molar refractivity (Wildman–Crippen MR) is 76.7 cm³/mol. The molecular formula is C14H18N2O3S. The topological polar surface area (TPSA) is 71.3 Å². The second-order valence-electron chi connectivity index (χ2n) is 4.43. The standard InChI is InChI=1S/C14H18N2O3S/c1-11(13-7-5-9-19-13)16-10-12-6-3-4-8-14(12)20(17,18)15-2/h3-9,11,15-16H,10H2,1-2H3/t11-/m1/s1. The van der Waals surface area contributed by atoms with E-state index in [1.807, 2.05) is 25.1 Å². The van der Waals surface area contributed by atoms with Gasteiger partial charge in [-0.2, -0.15) is 0 Å². The van der Waals surface area contributed by atoms with Gasteiger partial charge in [-0.15, -0.1) is 0 Å². The van der Waals surface area contributed by atoms with Crippen molar-refractivity contribution >= 4 is 10.0 Å². The fourth-order valence-electron chi connectivity index (χ4n) is 1.92. The highest BCUT2D eigenvalue weighted by molar-refractivity contribution is 7.89. The van der Waals surface area contributed by atoms with E-state index in [0.717, 1.165) is 11.3 Å². The lowest BCUT2D eigenvalue weighted by atomic mass is 10.2. The van der Waals surface area contributed by atoms with Crippen LogP contribution >= 0.6 is 0 Å². The highest BCUT2D eigenvalue weighted by atomic mass is 32.2. The fourth-order valence-corrected chi connectivity index (χ4v) is 2.89. The molecule has 1 aromatic heterocycles. The van der Waals surface area contributed by atoms with Crippen molar-refractivity contribution in [3.05, 3.63) is 54.0 Å². The molecule has 0 saturated heterocycles. The van der Waals surface area contributed by atoms with Crippen molar-refractivity contribution in [2.24, 2.45) is 0 Å². The average Bonchev–Trinajstić information content (AvgIpc) is 2.99. The molecule has 1 aromatic carbocycles. The van der Waals surface area contributed by atoms with Crippen LogP contribution in [-0.2, 0) is 16.6 Å². The first kappa shape index (κ1) is 14.8. The van der Waals surface area contributed by atoms with E-state index in [9.17, 15) is 8.42 Å². The summed E-state index contributed by atoms with van der Waals surface area (Å²) < 4.78 is 31.5. The Morgan fingerprint density at radius 1 is 1.20 bits per heavy atom. The largest absolute Gasteiger partial charge is 0.468 e. The van der Waals surface area contributed by atoms with Crippen LogP contribution in [0.2, 0.25) is 0 Å². The van der Waals surface area contributed by atoms with Crippen molar-refractivity contribution in [3.63, 3.8) is 0 Å². The summed E-state index contributed by atoms with van der Waals surface area (Å²) >= 11 is 0. The minimum atomic E-state index is -3.44. The second-order valence-corrected chi connectivity index (χ2v) is 6.29. The molecule has 0 bridgehead atoms. The van der Waals surface area contributed by atoms with Crippen LogP contribution in [0.1, 0.15) is 24.3 Å². The number of sulfonamides is 1. The molecule has 0 saturated carbocycles. The summed E-state index contributed by atoms with van der Waals surface area (Å²) in [4.78, 5) is 0.293. The van der Waals surface area contributed by atoms with Gasteiger partial charge in [0, 0.05) is 6.54 Å². The lowest BCUT2D eigenvalue weighted by Crippen LogP contribution is -2.23. The van der Waals surface area contributed by atoms with E-state index < -0.39 is 10.0 Å². The van der Waals surface area contributed by atoms with Crippen molar-refractivity contribution in [2.45, 2.75) is 24.4 Å². The van der Waals surface area contributed by atoms with Crippen LogP contribution < -0.4 is 10.0 Å². The molecule has 20 heavy (non-hydrogen) atoms. The highest BCUT2D eigenvalue weighted by Crippen LogP contribution is 2.17. The molecule has 0 amide bonds. The number of benzene rings is 1. The zero-order valence-electron chi connectivity index (χ0n) is 11.5. The fraction of sp³-hybridized carbons (Fsp3) is 0.286. The minimum absolute atomic E-state index is 0.00958. The van der Waals surface area contributed by atoms with Gasteiger partial charge in [-0.3, -0.25) is 0 Å². The van der Waals surface area contributed by atoms with Gasteiger partial charge in [0.1, 0.15) is 5.76 Å². The Hall–Kier alpha value is -1.63. The summed E-state index contributed by atoms with van der Waals surface area (Å²) in [6.07, 6.45) is 1.62. The van der Waals surface area contributed by atoms with Crippen molar-refractivity contribution in [2.75, 3.05) is 7.05 Å². The quantitative estimate of drug-likeness (QED) is 0.855. The van der Waals surface area contributed by atoms with Gasteiger partial charge in [0.15, 0.2) is 0 Å². The third-order valence-electron chi connectivity index (χ3n) is 3.10. The third kappa shape index (κ3) is 3.27. The number of rotatable bonds is 6. The lowest BCUT2D eigenvalue weighted by molar-refractivity contribution is 0.429. The van der Waals surface area contributed by atoms with Crippen molar-refractivity contribution < 1.29 is 12.8 Å². The minimum Gasteiger partial charge on any atom is -0.468 e. The molecule has 0 spiro atoms. The molecule has 0 aliphatic rings. The average molecular weight is 294 g/mol. The van der Waals surface area contributed by atoms with E-state index >= 15 is 0 Å². The molecule has 1 heterocycles. The van der Waals surface area contributed by atoms with E-state index in [1.165, 1.54) is 7.05 Å². The van der Waals surface area contributed by atoms with Crippen LogP contribution in [0.4, 0.5) is 0 Å². The summed E-state index contributed by atoms with van der Waals surface area (Å²) in [6.45, 7) is 2.41. The van der Waals surface area contributed by atoms with Gasteiger partial charge < -0.3 is 9.73 Å². The SMILES string of the molecule is CNS(=O)(=O)c1ccccc1CN[C@H](C)c1ccco1. The molecule has 6 heteroatoms. The van der Waals surface area contributed by atoms with E-state index in [2.05, 4.69) is 10.0 Å². The number of nitrogens with one attached hydrogen (secondary N) is 2. The van der Waals surface area contributed by atoms with Crippen molar-refractivity contribution in [3.8, 4) is 0 Å². The maximum absolute atomic E-state index is 11.9. The molecule has 2 aromatic rings. The Bertz CT molecular complexity index is 651. The Morgan fingerprint density at radius 2 is 1.95 bits per heavy atom. The van der Waals surface area contributed by atoms with Gasteiger partial charge in [0.05, 0.1) is 17.2 Å². The van der Waals surface area contributed by atoms with Crippen LogP contribution in [0, 0.1) is 0 Å². The van der Waals surface area contributed by atoms with Gasteiger partial charge in [-0.1, -0.05) is 18.2 Å². The van der Waals surface area contributed by atoms with Crippen LogP contribution in [0.15, 0.2) is 52.0 Å². The molecule has 108 valence electrons. The molecule has 2 rings (SSSR count). The molecule has 0 aliphatic heterocycles. The van der Waals surface area contributed by atoms with Crippen LogP contribution in [0.3, 0.4) is 0 Å². The lowest BCUT2D eigenvalue weighted by Gasteiger charge is -2.14. The van der Waals surface area contributed by atoms with E-state index in [4.69, 9.17) is 4.42 Å². The first-order valence-electron chi connectivity index (χ1n) is 6.33. The zero-order chi connectivity index (χ0) is 14.6. The Balaban J connectivity index is 2.14. The van der Waals surface area contributed by atoms with Crippen molar-refractivity contribution in [1.29, 1.82) is 0 Å². The summed E-state index contributed by atoms with van der Waals surface area (Å²) in [7, 11) is -2.04. The molecule has 0 radical (unpaired) electrons. The van der Waals surface area contributed by atoms with E-state index in [-0.39, 0.29) is 6.04 Å². The maximum Gasteiger partial charge on any atom is 0.240 e. The smallest absolute Gasteiger partial charge is 0.240 e. The molecular weight excluding hydrogens is 276 g/mol. The van der Waals surface area contributed by atoms with Gasteiger partial charge in [0.2, 0.25) is 10.0 Å². The van der Waals surface area contributed by atoms with Crippen LogP contribution in [0.5, 0.6) is 0 Å². The number of hydrogen-bond acceptors (Lipinski definition) is 4. The molecule has 0 aliphatic carbocycles. The molecule has 2 N–H and O–H groups in total. The molecule has 1 atom stereocenters. The summed E-state index contributed by atoms with van der Waals surface area (Å²) in [5, 5.41) is 3.25. The third-order valence-corrected chi connectivity index (χ3v) is 4.61. The van der Waals surface area contributed by atoms with Gasteiger partial charge in [-0.25, -0.2) is 13.1 Å². The number of furan rings is 1.